The molecule has 0 radical (unpaired) electrons. The van der Waals surface area contributed by atoms with Crippen molar-refractivity contribution < 1.29 is 14.6 Å². The van der Waals surface area contributed by atoms with E-state index in [1.165, 1.54) is 0 Å². The molecule has 1 aliphatic heterocycles. The Morgan fingerprint density at radius 1 is 1.43 bits per heavy atom. The monoisotopic (exact) mass is 311 g/mol. The predicted octanol–water partition coefficient (Wildman–Crippen LogP) is 2.18. The van der Waals surface area contributed by atoms with E-state index in [0.29, 0.717) is 37.6 Å². The van der Waals surface area contributed by atoms with E-state index in [-0.39, 0.29) is 11.8 Å². The van der Waals surface area contributed by atoms with Gasteiger partial charge >= 0.3 is 0 Å². The van der Waals surface area contributed by atoms with Crippen molar-refractivity contribution in [3.05, 3.63) is 34.9 Å². The number of amides is 1. The Morgan fingerprint density at radius 3 is 2.90 bits per heavy atom. The summed E-state index contributed by atoms with van der Waals surface area (Å²) in [6, 6.07) is 7.52. The van der Waals surface area contributed by atoms with E-state index in [2.05, 4.69) is 5.32 Å². The molecule has 1 fully saturated rings. The fourth-order valence-electron chi connectivity index (χ4n) is 2.52. The van der Waals surface area contributed by atoms with Crippen LogP contribution in [0.1, 0.15) is 24.8 Å². The summed E-state index contributed by atoms with van der Waals surface area (Å²) in [7, 11) is 0. The molecule has 0 saturated carbocycles. The van der Waals surface area contributed by atoms with Crippen LogP contribution in [0.3, 0.4) is 0 Å². The van der Waals surface area contributed by atoms with Crippen LogP contribution in [0.25, 0.3) is 0 Å². The Balaban J connectivity index is 1.67. The first-order valence-electron chi connectivity index (χ1n) is 7.42. The van der Waals surface area contributed by atoms with Gasteiger partial charge in [0.05, 0.1) is 6.10 Å². The summed E-state index contributed by atoms with van der Waals surface area (Å²) >= 11 is 5.91. The van der Waals surface area contributed by atoms with Crippen molar-refractivity contribution in [2.24, 2.45) is 5.92 Å². The number of aliphatic hydroxyl groups excluding tert-OH is 1. The fourth-order valence-corrected chi connectivity index (χ4v) is 2.74. The van der Waals surface area contributed by atoms with Gasteiger partial charge in [-0.3, -0.25) is 4.79 Å². The molecule has 0 aliphatic carbocycles. The van der Waals surface area contributed by atoms with Crippen LogP contribution >= 0.6 is 11.6 Å². The maximum Gasteiger partial charge on any atom is 0.220 e. The topological polar surface area (TPSA) is 58.6 Å². The van der Waals surface area contributed by atoms with E-state index in [0.717, 1.165) is 18.4 Å². The van der Waals surface area contributed by atoms with Crippen molar-refractivity contribution in [2.45, 2.75) is 31.8 Å². The number of carbonyl (C=O) groups excluding carboxylic acids is 1. The first kappa shape index (κ1) is 16.3. The van der Waals surface area contributed by atoms with Crippen LogP contribution in [0.15, 0.2) is 24.3 Å². The van der Waals surface area contributed by atoms with Gasteiger partial charge in [-0.25, -0.2) is 0 Å². The third-order valence-corrected chi connectivity index (χ3v) is 4.08. The van der Waals surface area contributed by atoms with Crippen LogP contribution in [0.4, 0.5) is 0 Å². The smallest absolute Gasteiger partial charge is 0.220 e. The third-order valence-electron chi connectivity index (χ3n) is 3.85. The van der Waals surface area contributed by atoms with Crippen molar-refractivity contribution in [1.29, 1.82) is 0 Å². The lowest BCUT2D eigenvalue weighted by Crippen LogP contribution is -2.38. The highest BCUT2D eigenvalue weighted by molar-refractivity contribution is 6.30. The van der Waals surface area contributed by atoms with E-state index in [4.69, 9.17) is 16.3 Å². The molecule has 5 heteroatoms. The minimum absolute atomic E-state index is 0.0407. The molecular formula is C16H22ClNO3. The number of ether oxygens (including phenoxy) is 1. The Labute approximate surface area is 130 Å². The lowest BCUT2D eigenvalue weighted by atomic mass is 9.94. The van der Waals surface area contributed by atoms with Crippen LogP contribution < -0.4 is 5.32 Å². The number of hydrogen-bond acceptors (Lipinski definition) is 3. The lowest BCUT2D eigenvalue weighted by molar-refractivity contribution is -0.121. The fraction of sp³-hybridized carbons (Fsp3) is 0.562. The normalized spacial score (nSPS) is 17.4. The first-order chi connectivity index (χ1) is 10.1. The second-order valence-corrected chi connectivity index (χ2v) is 5.89. The van der Waals surface area contributed by atoms with E-state index in [9.17, 15) is 9.90 Å². The lowest BCUT2D eigenvalue weighted by Gasteiger charge is -2.26. The molecule has 1 aromatic carbocycles. The molecule has 1 amide bonds. The Morgan fingerprint density at radius 2 is 2.19 bits per heavy atom. The van der Waals surface area contributed by atoms with Gasteiger partial charge in [0.15, 0.2) is 0 Å². The van der Waals surface area contributed by atoms with Crippen molar-refractivity contribution in [2.75, 3.05) is 19.8 Å². The molecule has 116 valence electrons. The van der Waals surface area contributed by atoms with E-state index in [1.807, 2.05) is 24.3 Å². The molecule has 1 heterocycles. The summed E-state index contributed by atoms with van der Waals surface area (Å²) in [6.07, 6.45) is 2.30. The van der Waals surface area contributed by atoms with E-state index >= 15 is 0 Å². The molecule has 1 aromatic rings. The zero-order chi connectivity index (χ0) is 15.1. The number of halogens is 1. The van der Waals surface area contributed by atoms with Crippen LogP contribution in [0.5, 0.6) is 0 Å². The summed E-state index contributed by atoms with van der Waals surface area (Å²) in [5.41, 5.74) is 1.04. The van der Waals surface area contributed by atoms with Gasteiger partial charge in [0.2, 0.25) is 5.91 Å². The SMILES string of the molecule is O=C(CCc1cccc(Cl)c1)NC[C@H](O)C1CCOCC1. The van der Waals surface area contributed by atoms with Crippen LogP contribution in [0.2, 0.25) is 5.02 Å². The Hall–Kier alpha value is -1.10. The Kier molecular flexibility index (Phi) is 6.49. The van der Waals surface area contributed by atoms with E-state index in [1.54, 1.807) is 0 Å². The average molecular weight is 312 g/mol. The minimum Gasteiger partial charge on any atom is -0.391 e. The number of carbonyl (C=O) groups is 1. The van der Waals surface area contributed by atoms with Gasteiger partial charge < -0.3 is 15.2 Å². The van der Waals surface area contributed by atoms with Crippen molar-refractivity contribution in [3.63, 3.8) is 0 Å². The summed E-state index contributed by atoms with van der Waals surface area (Å²) in [4.78, 5) is 11.8. The van der Waals surface area contributed by atoms with Gasteiger partial charge in [0.1, 0.15) is 0 Å². The number of benzene rings is 1. The molecule has 21 heavy (non-hydrogen) atoms. The zero-order valence-electron chi connectivity index (χ0n) is 12.1. The highest BCUT2D eigenvalue weighted by atomic mass is 35.5. The summed E-state index contributed by atoms with van der Waals surface area (Å²) in [5, 5.41) is 13.5. The molecule has 1 saturated heterocycles. The molecule has 1 aliphatic rings. The predicted molar refractivity (Wildman–Crippen MR) is 82.3 cm³/mol. The van der Waals surface area contributed by atoms with Crippen LogP contribution in [-0.2, 0) is 16.0 Å². The number of aliphatic hydroxyl groups is 1. The summed E-state index contributed by atoms with van der Waals surface area (Å²) in [5.74, 6) is 0.188. The molecule has 2 N–H and O–H groups in total. The van der Waals surface area contributed by atoms with Crippen LogP contribution in [0, 0.1) is 5.92 Å². The summed E-state index contributed by atoms with van der Waals surface area (Å²) < 4.78 is 5.26. The van der Waals surface area contributed by atoms with Gasteiger partial charge in [-0.2, -0.15) is 0 Å². The highest BCUT2D eigenvalue weighted by Crippen LogP contribution is 2.18. The number of aryl methyl sites for hydroxylation is 1. The molecule has 0 spiro atoms. The molecule has 0 bridgehead atoms. The second kappa shape index (κ2) is 8.37. The zero-order valence-corrected chi connectivity index (χ0v) is 12.8. The van der Waals surface area contributed by atoms with Gasteiger partial charge in [-0.15, -0.1) is 0 Å². The molecule has 1 atom stereocenters. The largest absolute Gasteiger partial charge is 0.391 e. The third kappa shape index (κ3) is 5.65. The second-order valence-electron chi connectivity index (χ2n) is 5.45. The highest BCUT2D eigenvalue weighted by Gasteiger charge is 2.22. The van der Waals surface area contributed by atoms with Gasteiger partial charge in [0.25, 0.3) is 0 Å². The number of nitrogens with one attached hydrogen (secondary N) is 1. The minimum atomic E-state index is -0.482. The Bertz CT molecular complexity index is 461. The maximum absolute atomic E-state index is 11.8. The van der Waals surface area contributed by atoms with E-state index < -0.39 is 6.10 Å². The first-order valence-corrected chi connectivity index (χ1v) is 7.80. The molecule has 4 nitrogen and oxygen atoms in total. The molecule has 0 aromatic heterocycles. The van der Waals surface area contributed by atoms with Crippen molar-refractivity contribution >= 4 is 17.5 Å². The number of hydrogen-bond donors (Lipinski definition) is 2. The number of rotatable bonds is 6. The van der Waals surface area contributed by atoms with Gasteiger partial charge in [-0.1, -0.05) is 23.7 Å². The summed E-state index contributed by atoms with van der Waals surface area (Å²) in [6.45, 7) is 1.72. The molecular weight excluding hydrogens is 290 g/mol. The van der Waals surface area contributed by atoms with Crippen molar-refractivity contribution in [3.8, 4) is 0 Å². The molecule has 0 unspecified atom stereocenters. The quantitative estimate of drug-likeness (QED) is 0.846. The van der Waals surface area contributed by atoms with Crippen LogP contribution in [-0.4, -0.2) is 36.9 Å². The van der Waals surface area contributed by atoms with Gasteiger partial charge in [-0.05, 0) is 42.9 Å². The van der Waals surface area contributed by atoms with Gasteiger partial charge in [0, 0.05) is 31.2 Å². The average Bonchev–Trinajstić information content (AvgIpc) is 2.51. The van der Waals surface area contributed by atoms with Crippen molar-refractivity contribution in [1.82, 2.24) is 5.32 Å². The molecule has 2 rings (SSSR count). The maximum atomic E-state index is 11.8. The standard InChI is InChI=1S/C16H22ClNO3/c17-14-3-1-2-12(10-14)4-5-16(20)18-11-15(19)13-6-8-21-9-7-13/h1-3,10,13,15,19H,4-9,11H2,(H,18,20)/t15-/m0/s1.